The molecule has 0 aliphatic carbocycles. The first kappa shape index (κ1) is 17.7. The van der Waals surface area contributed by atoms with Gasteiger partial charge in [0.1, 0.15) is 17.5 Å². The Morgan fingerprint density at radius 3 is 2.89 bits per heavy atom. The molecule has 1 aromatic carbocycles. The molecule has 7 heteroatoms. The van der Waals surface area contributed by atoms with Gasteiger partial charge in [0, 0.05) is 30.5 Å². The van der Waals surface area contributed by atoms with Crippen LogP contribution in [0, 0.1) is 0 Å². The number of nitrogens with one attached hydrogen (secondary N) is 1. The van der Waals surface area contributed by atoms with Crippen LogP contribution in [0.25, 0.3) is 10.9 Å². The largest absolute Gasteiger partial charge is 0.482 e. The van der Waals surface area contributed by atoms with E-state index in [0.717, 1.165) is 16.5 Å². The lowest BCUT2D eigenvalue weighted by Crippen LogP contribution is -2.26. The second-order valence-corrected chi connectivity index (χ2v) is 6.11. The summed E-state index contributed by atoms with van der Waals surface area (Å²) in [6, 6.07) is 13.4. The van der Waals surface area contributed by atoms with Gasteiger partial charge in [-0.25, -0.2) is 4.98 Å². The number of hydrogen-bond acceptors (Lipinski definition) is 6. The van der Waals surface area contributed by atoms with Crippen molar-refractivity contribution in [2.75, 3.05) is 6.54 Å². The monoisotopic (exact) mass is 374 g/mol. The molecule has 4 rings (SSSR count). The smallest absolute Gasteiger partial charge is 0.273 e. The van der Waals surface area contributed by atoms with E-state index in [1.165, 1.54) is 6.26 Å². The quantitative estimate of drug-likeness (QED) is 0.534. The van der Waals surface area contributed by atoms with Gasteiger partial charge >= 0.3 is 0 Å². The van der Waals surface area contributed by atoms with Crippen molar-refractivity contribution in [2.24, 2.45) is 0 Å². The number of nitrogens with zero attached hydrogens (tertiary/aromatic N) is 3. The summed E-state index contributed by atoms with van der Waals surface area (Å²) in [6.07, 6.45) is 7.24. The molecule has 140 valence electrons. The van der Waals surface area contributed by atoms with Gasteiger partial charge in [0.25, 0.3) is 5.91 Å². The van der Waals surface area contributed by atoms with Gasteiger partial charge in [-0.3, -0.25) is 14.8 Å². The maximum absolute atomic E-state index is 12.2. The first-order chi connectivity index (χ1) is 13.8. The lowest BCUT2D eigenvalue weighted by Gasteiger charge is -2.06. The number of carbonyl (C=O) groups excluding carboxylic acids is 1. The molecule has 3 aromatic heterocycles. The number of hydrogen-bond donors (Lipinski definition) is 1. The predicted octanol–water partition coefficient (Wildman–Crippen LogP) is 3.17. The lowest BCUT2D eigenvalue weighted by molar-refractivity contribution is 0.0949. The summed E-state index contributed by atoms with van der Waals surface area (Å²) in [7, 11) is 0. The van der Waals surface area contributed by atoms with E-state index in [4.69, 9.17) is 9.15 Å². The average Bonchev–Trinajstić information content (AvgIpc) is 3.22. The van der Waals surface area contributed by atoms with E-state index in [-0.39, 0.29) is 18.2 Å². The van der Waals surface area contributed by atoms with Crippen molar-refractivity contribution in [1.82, 2.24) is 20.3 Å². The Morgan fingerprint density at radius 2 is 2.00 bits per heavy atom. The minimum atomic E-state index is -0.286. The van der Waals surface area contributed by atoms with Crippen LogP contribution in [0.5, 0.6) is 5.75 Å². The Balaban J connectivity index is 1.33. The summed E-state index contributed by atoms with van der Waals surface area (Å²) in [5.74, 6) is 0.676. The average molecular weight is 374 g/mol. The number of fused-ring (bicyclic) bond motifs is 1. The number of para-hydroxylation sites is 1. The van der Waals surface area contributed by atoms with E-state index in [1.54, 1.807) is 18.6 Å². The molecular formula is C21H18N4O3. The number of rotatable bonds is 7. The van der Waals surface area contributed by atoms with E-state index in [1.807, 2.05) is 42.5 Å². The fraction of sp³-hybridized carbons (Fsp3) is 0.143. The van der Waals surface area contributed by atoms with Crippen molar-refractivity contribution in [3.8, 4) is 5.75 Å². The minimum absolute atomic E-state index is 0.110. The van der Waals surface area contributed by atoms with Crippen LogP contribution in [0.4, 0.5) is 0 Å². The molecule has 0 aliphatic rings. The fourth-order valence-corrected chi connectivity index (χ4v) is 2.77. The molecule has 0 radical (unpaired) electrons. The maximum atomic E-state index is 12.2. The van der Waals surface area contributed by atoms with Crippen molar-refractivity contribution in [1.29, 1.82) is 0 Å². The van der Waals surface area contributed by atoms with E-state index in [2.05, 4.69) is 20.3 Å². The van der Waals surface area contributed by atoms with Crippen molar-refractivity contribution >= 4 is 16.8 Å². The summed E-state index contributed by atoms with van der Waals surface area (Å²) >= 11 is 0. The molecule has 0 saturated heterocycles. The second kappa shape index (κ2) is 8.30. The van der Waals surface area contributed by atoms with Crippen molar-refractivity contribution < 1.29 is 13.9 Å². The number of oxazole rings is 1. The van der Waals surface area contributed by atoms with Gasteiger partial charge in [-0.1, -0.05) is 24.3 Å². The summed E-state index contributed by atoms with van der Waals surface area (Å²) in [5.41, 5.74) is 2.05. The number of benzene rings is 1. The van der Waals surface area contributed by atoms with Gasteiger partial charge in [-0.05, 0) is 30.2 Å². The van der Waals surface area contributed by atoms with E-state index in [0.29, 0.717) is 24.6 Å². The highest BCUT2D eigenvalue weighted by atomic mass is 16.5. The third kappa shape index (κ3) is 4.15. The number of pyridine rings is 2. The molecule has 1 N–H and O–H groups in total. The molecule has 0 spiro atoms. The molecular weight excluding hydrogens is 356 g/mol. The Labute approximate surface area is 161 Å². The van der Waals surface area contributed by atoms with Crippen LogP contribution in [0.15, 0.2) is 71.7 Å². The first-order valence-electron chi connectivity index (χ1n) is 8.87. The van der Waals surface area contributed by atoms with Crippen LogP contribution in [0.2, 0.25) is 0 Å². The first-order valence-corrected chi connectivity index (χ1v) is 8.87. The second-order valence-electron chi connectivity index (χ2n) is 6.11. The highest BCUT2D eigenvalue weighted by Crippen LogP contribution is 2.23. The number of carbonyl (C=O) groups is 1. The van der Waals surface area contributed by atoms with Gasteiger partial charge in [0.15, 0.2) is 12.3 Å². The van der Waals surface area contributed by atoms with Crippen LogP contribution in [-0.2, 0) is 13.0 Å². The van der Waals surface area contributed by atoms with Gasteiger partial charge in [-0.15, -0.1) is 0 Å². The molecule has 0 fully saturated rings. The Hall–Kier alpha value is -3.74. The molecule has 0 atom stereocenters. The summed E-state index contributed by atoms with van der Waals surface area (Å²) in [4.78, 5) is 24.8. The molecule has 7 nitrogen and oxygen atoms in total. The normalized spacial score (nSPS) is 10.7. The topological polar surface area (TPSA) is 90.1 Å². The Kier molecular flexibility index (Phi) is 5.24. The van der Waals surface area contributed by atoms with Crippen LogP contribution < -0.4 is 10.1 Å². The summed E-state index contributed by atoms with van der Waals surface area (Å²) < 4.78 is 11.1. The third-order valence-corrected chi connectivity index (χ3v) is 4.15. The van der Waals surface area contributed by atoms with E-state index < -0.39 is 0 Å². The SMILES string of the molecule is O=C(NCCc1cccnc1)c1coc(COc2cccc3cccnc23)n1. The van der Waals surface area contributed by atoms with Crippen molar-refractivity contribution in [3.05, 3.63) is 84.5 Å². The molecule has 0 saturated carbocycles. The molecule has 4 aromatic rings. The van der Waals surface area contributed by atoms with Crippen LogP contribution in [-0.4, -0.2) is 27.4 Å². The van der Waals surface area contributed by atoms with Gasteiger partial charge in [0.2, 0.25) is 5.89 Å². The van der Waals surface area contributed by atoms with Gasteiger partial charge < -0.3 is 14.5 Å². The van der Waals surface area contributed by atoms with Crippen molar-refractivity contribution in [2.45, 2.75) is 13.0 Å². The molecule has 1 amide bonds. The predicted molar refractivity (Wildman–Crippen MR) is 103 cm³/mol. The number of amides is 1. The molecule has 0 unspecified atom stereocenters. The summed E-state index contributed by atoms with van der Waals surface area (Å²) in [5, 5.41) is 3.81. The molecule has 0 aliphatic heterocycles. The van der Waals surface area contributed by atoms with Gasteiger partial charge in [0.05, 0.1) is 0 Å². The van der Waals surface area contributed by atoms with Gasteiger partial charge in [-0.2, -0.15) is 0 Å². The highest BCUT2D eigenvalue weighted by molar-refractivity contribution is 5.91. The minimum Gasteiger partial charge on any atom is -0.482 e. The molecule has 3 heterocycles. The standard InChI is InChI=1S/C21H18N4O3/c26-21(24-11-8-15-4-2-9-22-12-15)17-13-28-19(25-17)14-27-18-7-1-5-16-6-3-10-23-20(16)18/h1-7,9-10,12-13H,8,11,14H2,(H,24,26). The molecule has 0 bridgehead atoms. The summed E-state index contributed by atoms with van der Waals surface area (Å²) in [6.45, 7) is 0.601. The Morgan fingerprint density at radius 1 is 1.11 bits per heavy atom. The van der Waals surface area contributed by atoms with Crippen LogP contribution in [0.1, 0.15) is 21.9 Å². The van der Waals surface area contributed by atoms with E-state index in [9.17, 15) is 4.79 Å². The van der Waals surface area contributed by atoms with Crippen molar-refractivity contribution in [3.63, 3.8) is 0 Å². The Bertz CT molecular complexity index is 1070. The fourth-order valence-electron chi connectivity index (χ4n) is 2.77. The maximum Gasteiger partial charge on any atom is 0.273 e. The number of aromatic nitrogens is 3. The zero-order valence-corrected chi connectivity index (χ0v) is 15.0. The van der Waals surface area contributed by atoms with Crippen LogP contribution >= 0.6 is 0 Å². The zero-order chi connectivity index (χ0) is 19.2. The van der Waals surface area contributed by atoms with E-state index >= 15 is 0 Å². The lowest BCUT2D eigenvalue weighted by atomic mass is 10.2. The van der Waals surface area contributed by atoms with Crippen LogP contribution in [0.3, 0.4) is 0 Å². The molecule has 28 heavy (non-hydrogen) atoms. The highest BCUT2D eigenvalue weighted by Gasteiger charge is 2.13. The third-order valence-electron chi connectivity index (χ3n) is 4.15. The number of ether oxygens (including phenoxy) is 1. The zero-order valence-electron chi connectivity index (χ0n) is 15.0.